The van der Waals surface area contributed by atoms with Crippen molar-refractivity contribution in [3.63, 3.8) is 0 Å². The molecular weight excluding hydrogens is 719 g/mol. The van der Waals surface area contributed by atoms with Gasteiger partial charge in [0.1, 0.15) is 0 Å². The van der Waals surface area contributed by atoms with Crippen molar-refractivity contribution in [2.75, 3.05) is 11.5 Å². The Hall–Kier alpha value is -4.66. The van der Waals surface area contributed by atoms with E-state index in [2.05, 4.69) is 0 Å². The van der Waals surface area contributed by atoms with Gasteiger partial charge in [0.25, 0.3) is 0 Å². The summed E-state index contributed by atoms with van der Waals surface area (Å²) in [5.74, 6) is 0.0280. The quantitative estimate of drug-likeness (QED) is 0.158. The molecule has 7 rings (SSSR count). The average Bonchev–Trinajstić information content (AvgIpc) is 3.16. The molecule has 0 radical (unpaired) electrons. The van der Waals surface area contributed by atoms with Gasteiger partial charge >= 0.3 is 12.4 Å². The van der Waals surface area contributed by atoms with Crippen LogP contribution < -0.4 is 0 Å². The van der Waals surface area contributed by atoms with E-state index < -0.39 is 29.2 Å². The van der Waals surface area contributed by atoms with E-state index in [0.29, 0.717) is 65.8 Å². The molecular formula is C45H34F6S2. The zero-order chi connectivity index (χ0) is 37.2. The summed E-state index contributed by atoms with van der Waals surface area (Å²) in [7, 11) is 0. The molecule has 0 N–H and O–H groups in total. The van der Waals surface area contributed by atoms with Gasteiger partial charge in [-0.05, 0) is 75.2 Å². The van der Waals surface area contributed by atoms with Gasteiger partial charge in [-0.2, -0.15) is 26.3 Å². The van der Waals surface area contributed by atoms with E-state index in [0.717, 1.165) is 0 Å². The van der Waals surface area contributed by atoms with E-state index >= 15 is 26.3 Å². The number of halogens is 6. The largest absolute Gasteiger partial charge is 0.417 e. The SMILES string of the molecule is CC1(C(F)(F)F)C=C(c2ccccc2)C=C(c2ccccc2)C1/C=C1\SCCS\C1=C/c1c(-c2ccccc2)cc(-c2ccccc2)cc1C(F)(F)F. The first kappa shape index (κ1) is 36.7. The third-order valence-electron chi connectivity index (χ3n) is 9.68. The fourth-order valence-corrected chi connectivity index (χ4v) is 9.22. The summed E-state index contributed by atoms with van der Waals surface area (Å²) in [5, 5.41) is 0. The molecule has 0 amide bonds. The smallest absolute Gasteiger partial charge is 0.170 e. The maximum absolute atomic E-state index is 15.5. The van der Waals surface area contributed by atoms with Crippen molar-refractivity contribution in [2.24, 2.45) is 11.3 Å². The fraction of sp³-hybridized carbons (Fsp3) is 0.156. The number of thioether (sulfide) groups is 2. The molecule has 53 heavy (non-hydrogen) atoms. The van der Waals surface area contributed by atoms with Crippen LogP contribution in [0.25, 0.3) is 39.5 Å². The van der Waals surface area contributed by atoms with E-state index in [9.17, 15) is 0 Å². The van der Waals surface area contributed by atoms with Crippen molar-refractivity contribution in [3.05, 3.63) is 184 Å². The number of alkyl halides is 6. The van der Waals surface area contributed by atoms with Crippen LogP contribution in [-0.4, -0.2) is 17.7 Å². The number of hydrogen-bond acceptors (Lipinski definition) is 2. The Morgan fingerprint density at radius 1 is 0.604 bits per heavy atom. The molecule has 0 spiro atoms. The normalized spacial score (nSPS) is 21.0. The lowest BCUT2D eigenvalue weighted by Crippen LogP contribution is -2.41. The molecule has 0 bridgehead atoms. The minimum atomic E-state index is -4.71. The van der Waals surface area contributed by atoms with Crippen LogP contribution in [0.3, 0.4) is 0 Å². The Labute approximate surface area is 314 Å². The first-order chi connectivity index (χ1) is 25.4. The van der Waals surface area contributed by atoms with Crippen LogP contribution >= 0.6 is 23.5 Å². The Bertz CT molecular complexity index is 2200. The number of allylic oxidation sites excluding steroid dienone is 5. The Morgan fingerprint density at radius 3 is 1.66 bits per heavy atom. The van der Waals surface area contributed by atoms with E-state index in [1.54, 1.807) is 115 Å². The lowest BCUT2D eigenvalue weighted by atomic mass is 9.66. The standard InChI is InChI=1S/C45H34F6S2/c1-43(45(49,50)51)29-35(31-16-8-3-9-17-31)25-37(33-20-12-5-13-21-33)39(43)28-42-41(52-22-23-53-42)27-38-36(32-18-10-4-11-19-32)24-34(26-40(38)44(46,47)48)30-14-6-2-7-15-30/h2-21,24-29,39H,22-23H2,1H3/b41-27-,42-28-. The molecule has 0 saturated carbocycles. The fourth-order valence-electron chi connectivity index (χ4n) is 6.91. The Kier molecular flexibility index (Phi) is 10.4. The van der Waals surface area contributed by atoms with Gasteiger partial charge in [-0.15, -0.1) is 23.5 Å². The summed E-state index contributed by atoms with van der Waals surface area (Å²) in [4.78, 5) is 1.03. The van der Waals surface area contributed by atoms with Crippen molar-refractivity contribution in [1.29, 1.82) is 0 Å². The molecule has 1 heterocycles. The molecule has 1 aliphatic carbocycles. The highest BCUT2D eigenvalue weighted by Gasteiger charge is 2.56. The van der Waals surface area contributed by atoms with Crippen LogP contribution in [0.1, 0.15) is 29.2 Å². The monoisotopic (exact) mass is 752 g/mol. The van der Waals surface area contributed by atoms with Gasteiger partial charge in [-0.3, -0.25) is 0 Å². The van der Waals surface area contributed by atoms with Crippen molar-refractivity contribution in [1.82, 2.24) is 0 Å². The Balaban J connectivity index is 1.44. The van der Waals surface area contributed by atoms with Gasteiger partial charge in [0.2, 0.25) is 0 Å². The summed E-state index contributed by atoms with van der Waals surface area (Å²) in [6, 6.07) is 38.8. The summed E-state index contributed by atoms with van der Waals surface area (Å²) < 4.78 is 91.9. The first-order valence-electron chi connectivity index (χ1n) is 17.1. The maximum Gasteiger partial charge on any atom is 0.417 e. The molecule has 5 aromatic rings. The molecule has 1 aliphatic heterocycles. The van der Waals surface area contributed by atoms with Crippen LogP contribution in [0.5, 0.6) is 0 Å². The molecule has 0 aromatic heterocycles. The zero-order valence-electron chi connectivity index (χ0n) is 28.6. The average molecular weight is 753 g/mol. The third kappa shape index (κ3) is 7.71. The first-order valence-corrected chi connectivity index (χ1v) is 19.1. The highest BCUT2D eigenvalue weighted by molar-refractivity contribution is 8.11. The second-order valence-electron chi connectivity index (χ2n) is 13.1. The summed E-state index contributed by atoms with van der Waals surface area (Å²) >= 11 is 2.75. The van der Waals surface area contributed by atoms with Crippen molar-refractivity contribution in [2.45, 2.75) is 19.3 Å². The van der Waals surface area contributed by atoms with Crippen molar-refractivity contribution < 1.29 is 26.3 Å². The highest BCUT2D eigenvalue weighted by Crippen LogP contribution is 2.56. The molecule has 5 aromatic carbocycles. The highest BCUT2D eigenvalue weighted by atomic mass is 32.2. The van der Waals surface area contributed by atoms with Gasteiger partial charge in [0.15, 0.2) is 0 Å². The van der Waals surface area contributed by atoms with Crippen LogP contribution in [0, 0.1) is 11.3 Å². The van der Waals surface area contributed by atoms with E-state index in [-0.39, 0.29) is 5.56 Å². The lowest BCUT2D eigenvalue weighted by Gasteiger charge is -2.41. The second kappa shape index (κ2) is 15.0. The maximum atomic E-state index is 15.5. The predicted molar refractivity (Wildman–Crippen MR) is 210 cm³/mol. The zero-order valence-corrected chi connectivity index (χ0v) is 30.2. The lowest BCUT2D eigenvalue weighted by molar-refractivity contribution is -0.206. The Morgan fingerprint density at radius 2 is 1.11 bits per heavy atom. The molecule has 0 nitrogen and oxygen atoms in total. The minimum Gasteiger partial charge on any atom is -0.170 e. The van der Waals surface area contributed by atoms with Crippen LogP contribution in [0.15, 0.2) is 161 Å². The summed E-state index contributed by atoms with van der Waals surface area (Å²) in [6.07, 6.45) is -3.07. The van der Waals surface area contributed by atoms with E-state index in [4.69, 9.17) is 0 Å². The third-order valence-corrected chi connectivity index (χ3v) is 12.2. The van der Waals surface area contributed by atoms with Crippen molar-refractivity contribution in [3.8, 4) is 22.3 Å². The van der Waals surface area contributed by atoms with Gasteiger partial charge < -0.3 is 0 Å². The molecule has 2 unspecified atom stereocenters. The number of hydrogen-bond donors (Lipinski definition) is 0. The minimum absolute atomic E-state index is 0.0217. The van der Waals surface area contributed by atoms with Gasteiger partial charge in [-0.25, -0.2) is 0 Å². The molecule has 268 valence electrons. The van der Waals surface area contributed by atoms with Gasteiger partial charge in [-0.1, -0.05) is 140 Å². The molecule has 2 atom stereocenters. The van der Waals surface area contributed by atoms with Crippen LogP contribution in [-0.2, 0) is 6.18 Å². The second-order valence-corrected chi connectivity index (χ2v) is 15.4. The topological polar surface area (TPSA) is 0 Å². The summed E-state index contributed by atoms with van der Waals surface area (Å²) in [5.41, 5.74) is 1.15. The van der Waals surface area contributed by atoms with Crippen molar-refractivity contribution >= 4 is 40.7 Å². The van der Waals surface area contributed by atoms with Crippen LogP contribution in [0.4, 0.5) is 26.3 Å². The molecule has 8 heteroatoms. The van der Waals surface area contributed by atoms with E-state index in [1.165, 1.54) is 48.7 Å². The van der Waals surface area contributed by atoms with E-state index in [1.807, 2.05) is 24.3 Å². The molecule has 1 saturated heterocycles. The van der Waals surface area contributed by atoms with Crippen LogP contribution in [0.2, 0.25) is 0 Å². The molecule has 1 fully saturated rings. The number of rotatable bonds is 6. The number of benzene rings is 5. The summed E-state index contributed by atoms with van der Waals surface area (Å²) in [6.45, 7) is 1.22. The molecule has 2 aliphatic rings. The van der Waals surface area contributed by atoms with Gasteiger partial charge in [0.05, 0.1) is 11.0 Å². The predicted octanol–water partition coefficient (Wildman–Crippen LogP) is 14.1. The van der Waals surface area contributed by atoms with Gasteiger partial charge in [0, 0.05) is 27.2 Å².